The molecule has 0 unspecified atom stereocenters. The summed E-state index contributed by atoms with van der Waals surface area (Å²) >= 11 is 0. The zero-order chi connectivity index (χ0) is 35.8. The molecule has 9 rings (SSSR count). The maximum Gasteiger partial charge on any atom is 0.0713 e. The second kappa shape index (κ2) is 13.5. The first-order valence-electron chi connectivity index (χ1n) is 18.4. The Bertz CT molecular complexity index is 2230. The molecule has 0 amide bonds. The van der Waals surface area contributed by atoms with E-state index in [-0.39, 0.29) is 0 Å². The molecule has 0 heterocycles. The first-order valence-corrected chi connectivity index (χ1v) is 18.4. The van der Waals surface area contributed by atoms with Gasteiger partial charge in [-0.25, -0.2) is 0 Å². The number of fused-ring (bicyclic) bond motifs is 3. The van der Waals surface area contributed by atoms with Gasteiger partial charge in [0.2, 0.25) is 0 Å². The Morgan fingerprint density at radius 3 is 0.887 bits per heavy atom. The van der Waals surface area contributed by atoms with Gasteiger partial charge < -0.3 is 9.80 Å². The highest BCUT2D eigenvalue weighted by Crippen LogP contribution is 2.57. The van der Waals surface area contributed by atoms with Gasteiger partial charge in [-0.05, 0) is 120 Å². The van der Waals surface area contributed by atoms with Gasteiger partial charge in [0.05, 0.1) is 5.41 Å². The predicted molar refractivity (Wildman–Crippen MR) is 223 cm³/mol. The molecule has 53 heavy (non-hydrogen) atoms. The van der Waals surface area contributed by atoms with Gasteiger partial charge in [0.15, 0.2) is 0 Å². The van der Waals surface area contributed by atoms with Crippen molar-refractivity contribution in [3.05, 3.63) is 240 Å². The molecule has 8 aromatic carbocycles. The molecule has 254 valence electrons. The SMILES string of the molecule is Cc1ccc2c(c1)C(c1ccc(N(c3ccccc3)c3ccccc3)cc1)(c1ccc(N(c3ccccc3)c3ccccc3)cc1)c1cc(C)ccc1-2. The summed E-state index contributed by atoms with van der Waals surface area (Å²) in [6, 6.07) is 75.1. The van der Waals surface area contributed by atoms with Crippen LogP contribution in [0.5, 0.6) is 0 Å². The van der Waals surface area contributed by atoms with E-state index in [1.807, 2.05) is 0 Å². The minimum atomic E-state index is -0.519. The maximum atomic E-state index is 2.41. The van der Waals surface area contributed by atoms with Crippen molar-refractivity contribution in [3.63, 3.8) is 0 Å². The van der Waals surface area contributed by atoms with Crippen molar-refractivity contribution in [2.75, 3.05) is 9.80 Å². The predicted octanol–water partition coefficient (Wildman–Crippen LogP) is 13.6. The molecule has 0 saturated carbocycles. The van der Waals surface area contributed by atoms with Gasteiger partial charge >= 0.3 is 0 Å². The zero-order valence-electron chi connectivity index (χ0n) is 30.0. The molecular weight excluding hydrogens is 641 g/mol. The van der Waals surface area contributed by atoms with Crippen LogP contribution in [0.3, 0.4) is 0 Å². The molecule has 0 fully saturated rings. The highest BCUT2D eigenvalue weighted by atomic mass is 15.1. The van der Waals surface area contributed by atoms with E-state index in [0.29, 0.717) is 0 Å². The lowest BCUT2D eigenvalue weighted by molar-refractivity contribution is 0.766. The molecular formula is C51H40N2. The lowest BCUT2D eigenvalue weighted by Crippen LogP contribution is -2.29. The number of rotatable bonds is 8. The van der Waals surface area contributed by atoms with Crippen LogP contribution >= 0.6 is 0 Å². The Kier molecular flexibility index (Phi) is 8.21. The van der Waals surface area contributed by atoms with Crippen LogP contribution in [0.25, 0.3) is 11.1 Å². The van der Waals surface area contributed by atoms with Crippen LogP contribution in [-0.4, -0.2) is 0 Å². The molecule has 0 N–H and O–H groups in total. The second-order valence-electron chi connectivity index (χ2n) is 14.0. The van der Waals surface area contributed by atoms with Crippen molar-refractivity contribution in [3.8, 4) is 11.1 Å². The summed E-state index contributed by atoms with van der Waals surface area (Å²) in [4.78, 5) is 4.66. The first-order chi connectivity index (χ1) is 26.1. The average molecular weight is 681 g/mol. The molecule has 0 saturated heterocycles. The molecule has 0 aliphatic heterocycles. The number of anilines is 6. The topological polar surface area (TPSA) is 6.48 Å². The molecule has 0 radical (unpaired) electrons. The maximum absolute atomic E-state index is 2.41. The largest absolute Gasteiger partial charge is 0.311 e. The Labute approximate surface area is 312 Å². The standard InChI is InChI=1S/C51H40N2/c1-37-23-33-47-48-34-24-38(2)36-50(48)51(49(47)35-37,39-25-29-45(30-26-39)52(41-15-7-3-8-16-41)42-17-9-4-10-18-42)40-27-31-46(32-28-40)53(43-19-11-5-12-20-43)44-21-13-6-14-22-44/h3-36H,1-2H3. The normalized spacial score (nSPS) is 12.5. The number of hydrogen-bond acceptors (Lipinski definition) is 2. The van der Waals surface area contributed by atoms with E-state index in [4.69, 9.17) is 0 Å². The fourth-order valence-corrected chi connectivity index (χ4v) is 8.26. The summed E-state index contributed by atoms with van der Waals surface area (Å²) in [7, 11) is 0. The van der Waals surface area contributed by atoms with Gasteiger partial charge in [-0.2, -0.15) is 0 Å². The molecule has 0 spiro atoms. The van der Waals surface area contributed by atoms with Crippen LogP contribution in [0.1, 0.15) is 33.4 Å². The third-order valence-corrected chi connectivity index (χ3v) is 10.6. The van der Waals surface area contributed by atoms with E-state index >= 15 is 0 Å². The minimum Gasteiger partial charge on any atom is -0.311 e. The molecule has 1 aliphatic carbocycles. The van der Waals surface area contributed by atoms with Gasteiger partial charge in [-0.15, -0.1) is 0 Å². The van der Waals surface area contributed by atoms with Crippen molar-refractivity contribution in [2.45, 2.75) is 19.3 Å². The van der Waals surface area contributed by atoms with Crippen LogP contribution in [0.2, 0.25) is 0 Å². The molecule has 0 bridgehead atoms. The number of benzene rings is 8. The second-order valence-corrected chi connectivity index (χ2v) is 14.0. The third-order valence-electron chi connectivity index (χ3n) is 10.6. The van der Waals surface area contributed by atoms with Crippen molar-refractivity contribution < 1.29 is 0 Å². The zero-order valence-corrected chi connectivity index (χ0v) is 30.0. The van der Waals surface area contributed by atoms with Gasteiger partial charge in [-0.1, -0.05) is 145 Å². The Morgan fingerprint density at radius 2 is 0.585 bits per heavy atom. The van der Waals surface area contributed by atoms with Crippen molar-refractivity contribution in [1.82, 2.24) is 0 Å². The summed E-state index contributed by atoms with van der Waals surface area (Å²) in [5.41, 5.74) is 16.5. The Hall–Kier alpha value is -6.64. The van der Waals surface area contributed by atoms with Crippen LogP contribution in [0.15, 0.2) is 206 Å². The number of para-hydroxylation sites is 4. The van der Waals surface area contributed by atoms with E-state index in [0.717, 1.165) is 34.1 Å². The highest BCUT2D eigenvalue weighted by molar-refractivity contribution is 5.88. The molecule has 0 aromatic heterocycles. The third kappa shape index (κ3) is 5.60. The van der Waals surface area contributed by atoms with E-state index in [1.54, 1.807) is 0 Å². The summed E-state index contributed by atoms with van der Waals surface area (Å²) in [5, 5.41) is 0. The van der Waals surface area contributed by atoms with Crippen LogP contribution in [0, 0.1) is 13.8 Å². The molecule has 1 aliphatic rings. The van der Waals surface area contributed by atoms with Crippen LogP contribution < -0.4 is 9.80 Å². The van der Waals surface area contributed by atoms with Crippen molar-refractivity contribution in [1.29, 1.82) is 0 Å². The quantitative estimate of drug-likeness (QED) is 0.158. The van der Waals surface area contributed by atoms with Gasteiger partial charge in [0, 0.05) is 34.1 Å². The highest BCUT2D eigenvalue weighted by Gasteiger charge is 2.46. The van der Waals surface area contributed by atoms with Crippen molar-refractivity contribution in [2.24, 2.45) is 0 Å². The van der Waals surface area contributed by atoms with E-state index in [9.17, 15) is 0 Å². The van der Waals surface area contributed by atoms with E-state index in [1.165, 1.54) is 44.5 Å². The Balaban J connectivity index is 1.25. The summed E-state index contributed by atoms with van der Waals surface area (Å²) in [6.07, 6.45) is 0. The monoisotopic (exact) mass is 680 g/mol. The van der Waals surface area contributed by atoms with Crippen LogP contribution in [-0.2, 0) is 5.41 Å². The van der Waals surface area contributed by atoms with Crippen LogP contribution in [0.4, 0.5) is 34.1 Å². The van der Waals surface area contributed by atoms with E-state index < -0.39 is 5.41 Å². The van der Waals surface area contributed by atoms with Gasteiger partial charge in [0.1, 0.15) is 0 Å². The molecule has 8 aromatic rings. The Morgan fingerprint density at radius 1 is 0.302 bits per heavy atom. The summed E-state index contributed by atoms with van der Waals surface area (Å²) in [6.45, 7) is 4.42. The lowest BCUT2D eigenvalue weighted by Gasteiger charge is -2.35. The summed E-state index contributed by atoms with van der Waals surface area (Å²) in [5.74, 6) is 0. The number of aryl methyl sites for hydroxylation is 2. The molecule has 0 atom stereocenters. The smallest absolute Gasteiger partial charge is 0.0713 e. The van der Waals surface area contributed by atoms with Gasteiger partial charge in [-0.3, -0.25) is 0 Å². The lowest BCUT2D eigenvalue weighted by atomic mass is 9.67. The molecule has 2 heteroatoms. The fourth-order valence-electron chi connectivity index (χ4n) is 8.26. The minimum absolute atomic E-state index is 0.519. The number of nitrogens with zero attached hydrogens (tertiary/aromatic N) is 2. The summed E-state index contributed by atoms with van der Waals surface area (Å²) < 4.78 is 0. The first kappa shape index (κ1) is 32.3. The average Bonchev–Trinajstić information content (AvgIpc) is 3.49. The van der Waals surface area contributed by atoms with Crippen molar-refractivity contribution >= 4 is 34.1 Å². The van der Waals surface area contributed by atoms with E-state index in [2.05, 4.69) is 230 Å². The molecule has 2 nitrogen and oxygen atoms in total. The fraction of sp³-hybridized carbons (Fsp3) is 0.0588. The number of hydrogen-bond donors (Lipinski definition) is 0. The van der Waals surface area contributed by atoms with Gasteiger partial charge in [0.25, 0.3) is 0 Å².